The molecule has 0 aliphatic carbocycles. The van der Waals surface area contributed by atoms with Crippen molar-refractivity contribution in [2.45, 2.75) is 41.5 Å². The van der Waals surface area contributed by atoms with E-state index < -0.39 is 5.92 Å². The van der Waals surface area contributed by atoms with Crippen molar-refractivity contribution in [3.63, 3.8) is 0 Å². The van der Waals surface area contributed by atoms with Crippen LogP contribution in [0.1, 0.15) is 41.5 Å². The Hall–Kier alpha value is -1.19. The molecule has 0 saturated carbocycles. The second kappa shape index (κ2) is 26.8. The number of alkyl halides is 2. The van der Waals surface area contributed by atoms with Crippen LogP contribution in [0.2, 0.25) is 0 Å². The Bertz CT molecular complexity index is 484. The highest BCUT2D eigenvalue weighted by atomic mass is 79.9. The van der Waals surface area contributed by atoms with Gasteiger partial charge in [0.1, 0.15) is 5.70 Å². The molecule has 1 unspecified atom stereocenters. The fraction of sp³-hybridized carbons (Fsp3) is 0.650. The van der Waals surface area contributed by atoms with E-state index in [4.69, 9.17) is 10.8 Å². The van der Waals surface area contributed by atoms with Gasteiger partial charge >= 0.3 is 0 Å². The number of nitrogens with two attached hydrogens (primary N) is 1. The van der Waals surface area contributed by atoms with Crippen LogP contribution in [0, 0.1) is 10.8 Å². The van der Waals surface area contributed by atoms with Gasteiger partial charge in [0.05, 0.1) is 23.9 Å². The molecule has 9 heteroatoms. The van der Waals surface area contributed by atoms with Crippen LogP contribution in [0.15, 0.2) is 41.0 Å². The number of hydrogen-bond donors (Lipinski definition) is 3. The topological polar surface area (TPSA) is 108 Å². The Morgan fingerprint density at radius 1 is 1.31 bits per heavy atom. The van der Waals surface area contributed by atoms with Gasteiger partial charge in [-0.05, 0) is 30.1 Å². The number of nitrogens with zero attached hydrogens (tertiary/aromatic N) is 2. The van der Waals surface area contributed by atoms with Crippen LogP contribution in [-0.4, -0.2) is 53.3 Å². The third-order valence-corrected chi connectivity index (χ3v) is 3.46. The molecule has 172 valence electrons. The highest BCUT2D eigenvalue weighted by Gasteiger charge is 2.12. The summed E-state index contributed by atoms with van der Waals surface area (Å²) in [5.41, 5.74) is 6.94. The molecule has 0 saturated heterocycles. The molecule has 0 fully saturated rings. The molecule has 0 aliphatic heterocycles. The summed E-state index contributed by atoms with van der Waals surface area (Å²) in [6.45, 7) is 17.0. The number of halogens is 2. The number of aliphatic hydroxyl groups excluding tert-OH is 1. The monoisotopic (exact) mass is 542 g/mol. The van der Waals surface area contributed by atoms with Crippen LogP contribution in [0.5, 0.6) is 0 Å². The SMILES string of the molecule is C=C(/C(N)=C\C(=C/C(C)C(=O)NCCO)N=O)N(CC)CCBr.CBr.CC.CC. The average molecular weight is 544 g/mol. The Kier molecular flexibility index (Phi) is 32.6. The number of allylic oxidation sites excluding steroid dienone is 1. The van der Waals surface area contributed by atoms with Gasteiger partial charge in [-0.25, -0.2) is 0 Å². The molecule has 0 spiro atoms. The third kappa shape index (κ3) is 18.6. The molecule has 4 N–H and O–H groups in total. The van der Waals surface area contributed by atoms with Crippen LogP contribution in [-0.2, 0) is 4.79 Å². The van der Waals surface area contributed by atoms with Gasteiger partial charge in [0, 0.05) is 25.0 Å². The summed E-state index contributed by atoms with van der Waals surface area (Å²) in [5, 5.41) is 14.9. The smallest absolute Gasteiger partial charge is 0.226 e. The highest BCUT2D eigenvalue weighted by molar-refractivity contribution is 9.09. The van der Waals surface area contributed by atoms with Crippen molar-refractivity contribution in [1.29, 1.82) is 0 Å². The molecule has 7 nitrogen and oxygen atoms in total. The molecule has 29 heavy (non-hydrogen) atoms. The summed E-state index contributed by atoms with van der Waals surface area (Å²) in [5.74, 6) is 0.935. The van der Waals surface area contributed by atoms with Crippen molar-refractivity contribution in [3.05, 3.63) is 40.7 Å². The zero-order chi connectivity index (χ0) is 23.8. The molecular formula is C20H40Br2N4O3. The van der Waals surface area contributed by atoms with Crippen molar-refractivity contribution >= 4 is 37.8 Å². The quantitative estimate of drug-likeness (QED) is 0.202. The zero-order valence-electron chi connectivity index (χ0n) is 19.0. The molecular weight excluding hydrogens is 504 g/mol. The molecule has 0 aromatic carbocycles. The van der Waals surface area contributed by atoms with Crippen molar-refractivity contribution in [2.75, 3.05) is 37.4 Å². The predicted octanol–water partition coefficient (Wildman–Crippen LogP) is 4.52. The van der Waals surface area contributed by atoms with Gasteiger partial charge in [-0.15, -0.1) is 4.91 Å². The summed E-state index contributed by atoms with van der Waals surface area (Å²) < 4.78 is 0. The van der Waals surface area contributed by atoms with Gasteiger partial charge in [0.25, 0.3) is 0 Å². The van der Waals surface area contributed by atoms with Gasteiger partial charge in [0.2, 0.25) is 5.91 Å². The molecule has 0 heterocycles. The van der Waals surface area contributed by atoms with E-state index in [9.17, 15) is 9.70 Å². The lowest BCUT2D eigenvalue weighted by Gasteiger charge is -2.24. The number of carbonyl (C=O) groups is 1. The first kappa shape index (κ1) is 35.3. The number of nitroso groups, excluding NO2 is 1. The van der Waals surface area contributed by atoms with Crippen LogP contribution >= 0.6 is 31.9 Å². The molecule has 1 amide bonds. The molecule has 1 atom stereocenters. The minimum absolute atomic E-state index is 0.0604. The second-order valence-corrected chi connectivity index (χ2v) is 5.59. The Balaban J connectivity index is -0.000000472. The Morgan fingerprint density at radius 3 is 2.21 bits per heavy atom. The van der Waals surface area contributed by atoms with E-state index in [1.54, 1.807) is 6.92 Å². The number of hydrogen-bond acceptors (Lipinski definition) is 6. The maximum Gasteiger partial charge on any atom is 0.226 e. The van der Waals surface area contributed by atoms with Crippen LogP contribution in [0.3, 0.4) is 0 Å². The number of likely N-dealkylation sites (N-methyl/N-ethyl adjacent to an activating group) is 1. The first-order valence-corrected chi connectivity index (χ1v) is 12.4. The second-order valence-electron chi connectivity index (χ2n) is 4.80. The van der Waals surface area contributed by atoms with Gasteiger partial charge in [-0.1, -0.05) is 73.1 Å². The van der Waals surface area contributed by atoms with E-state index >= 15 is 0 Å². The number of aliphatic hydroxyl groups is 1. The fourth-order valence-corrected chi connectivity index (χ4v) is 2.22. The average Bonchev–Trinajstić information content (AvgIpc) is 2.78. The maximum atomic E-state index is 11.7. The highest BCUT2D eigenvalue weighted by Crippen LogP contribution is 2.14. The summed E-state index contributed by atoms with van der Waals surface area (Å²) >= 11 is 6.29. The van der Waals surface area contributed by atoms with Crippen LogP contribution < -0.4 is 11.1 Å². The standard InChI is InChI=1S/C15H25BrN4O3.2C2H6.CH3Br/c1-4-20(7-5-16)12(3)14(17)10-13(19-23)9-11(2)15(22)18-6-8-21;3*1-2/h9-11,21H,3-8,17H2,1-2H3,(H,18,22);2*1-2H3;1H3/b13-9+,14-10+;;;. The minimum Gasteiger partial charge on any atom is -0.397 e. The summed E-state index contributed by atoms with van der Waals surface area (Å²) in [6, 6.07) is 0. The van der Waals surface area contributed by atoms with Gasteiger partial charge < -0.3 is 21.1 Å². The maximum absolute atomic E-state index is 11.7. The van der Waals surface area contributed by atoms with Crippen molar-refractivity contribution in [2.24, 2.45) is 16.8 Å². The first-order chi connectivity index (χ1) is 13.9. The lowest BCUT2D eigenvalue weighted by molar-refractivity contribution is -0.123. The van der Waals surface area contributed by atoms with E-state index in [2.05, 4.69) is 48.9 Å². The molecule has 0 bridgehead atoms. The van der Waals surface area contributed by atoms with E-state index in [1.165, 1.54) is 12.2 Å². The number of amides is 1. The van der Waals surface area contributed by atoms with Gasteiger partial charge in [0.15, 0.2) is 0 Å². The van der Waals surface area contributed by atoms with Gasteiger partial charge in [-0.3, -0.25) is 4.79 Å². The van der Waals surface area contributed by atoms with Gasteiger partial charge in [-0.2, -0.15) is 0 Å². The molecule has 0 rings (SSSR count). The van der Waals surface area contributed by atoms with Crippen LogP contribution in [0.25, 0.3) is 0 Å². The fourth-order valence-electron chi connectivity index (χ4n) is 1.79. The zero-order valence-corrected chi connectivity index (χ0v) is 22.1. The van der Waals surface area contributed by atoms with E-state index in [0.717, 1.165) is 18.4 Å². The number of carbonyl (C=O) groups excluding carboxylic acids is 1. The Morgan fingerprint density at radius 2 is 1.83 bits per heavy atom. The molecule has 0 aliphatic rings. The normalized spacial score (nSPS) is 11.2. The molecule has 0 aromatic heterocycles. The summed E-state index contributed by atoms with van der Waals surface area (Å²) in [7, 11) is 0. The minimum atomic E-state index is -0.573. The van der Waals surface area contributed by atoms with E-state index in [0.29, 0.717) is 11.4 Å². The van der Waals surface area contributed by atoms with E-state index in [1.807, 2.05) is 45.4 Å². The number of rotatable bonds is 11. The van der Waals surface area contributed by atoms with Crippen LogP contribution in [0.4, 0.5) is 0 Å². The van der Waals surface area contributed by atoms with Crippen molar-refractivity contribution < 1.29 is 9.90 Å². The van der Waals surface area contributed by atoms with E-state index in [-0.39, 0.29) is 24.8 Å². The van der Waals surface area contributed by atoms with Crippen molar-refractivity contribution in [3.8, 4) is 0 Å². The molecule has 0 radical (unpaired) electrons. The Labute approximate surface area is 194 Å². The van der Waals surface area contributed by atoms with Crippen molar-refractivity contribution in [1.82, 2.24) is 10.2 Å². The predicted molar refractivity (Wildman–Crippen MR) is 133 cm³/mol. The third-order valence-electron chi connectivity index (χ3n) is 3.11. The summed E-state index contributed by atoms with van der Waals surface area (Å²) in [6.07, 6.45) is 2.82. The molecule has 0 aromatic rings. The summed E-state index contributed by atoms with van der Waals surface area (Å²) in [4.78, 5) is 24.6. The largest absolute Gasteiger partial charge is 0.397 e. The lowest BCUT2D eigenvalue weighted by atomic mass is 10.1. The first-order valence-electron chi connectivity index (χ1n) is 9.70. The lowest BCUT2D eigenvalue weighted by Crippen LogP contribution is -2.30. The number of nitrogens with one attached hydrogen (secondary N) is 1.